The van der Waals surface area contributed by atoms with Crippen molar-refractivity contribution < 1.29 is 5.21 Å². The van der Waals surface area contributed by atoms with Gasteiger partial charge in [0.2, 0.25) is 0 Å². The normalized spacial score (nSPS) is 14.9. The lowest BCUT2D eigenvalue weighted by atomic mass is 9.86. The molecule has 0 fully saturated rings. The molecule has 17 heavy (non-hydrogen) atoms. The van der Waals surface area contributed by atoms with Crippen LogP contribution >= 0.6 is 11.8 Å². The maximum atomic E-state index is 8.65. The molecule has 0 radical (unpaired) electrons. The van der Waals surface area contributed by atoms with Crippen LogP contribution in [0, 0.1) is 5.41 Å². The maximum Gasteiger partial charge on any atom is 0.144 e. The fourth-order valence-corrected chi connectivity index (χ4v) is 2.23. The Bertz CT molecular complexity index is 232. The highest BCUT2D eigenvalue weighted by atomic mass is 32.2. The minimum atomic E-state index is -0.209. The van der Waals surface area contributed by atoms with Gasteiger partial charge in [-0.1, -0.05) is 25.4 Å². The number of nitrogens with two attached hydrogens (primary N) is 1. The number of hydrogen-bond acceptors (Lipinski definition) is 4. The lowest BCUT2D eigenvalue weighted by Gasteiger charge is -2.22. The van der Waals surface area contributed by atoms with Gasteiger partial charge >= 0.3 is 0 Å². The van der Waals surface area contributed by atoms with Gasteiger partial charge in [0, 0.05) is 17.2 Å². The quantitative estimate of drug-likeness (QED) is 0.196. The van der Waals surface area contributed by atoms with Crippen molar-refractivity contribution >= 4 is 17.6 Å². The summed E-state index contributed by atoms with van der Waals surface area (Å²) in [5.41, 5.74) is 5.43. The zero-order chi connectivity index (χ0) is 13.3. The molecule has 0 aliphatic carbocycles. The summed E-state index contributed by atoms with van der Waals surface area (Å²) in [5, 5.41) is 15.2. The van der Waals surface area contributed by atoms with Crippen molar-refractivity contribution in [2.24, 2.45) is 16.3 Å². The number of hydrogen-bond donors (Lipinski definition) is 3. The van der Waals surface area contributed by atoms with Gasteiger partial charge < -0.3 is 16.3 Å². The molecule has 4 N–H and O–H groups in total. The lowest BCUT2D eigenvalue weighted by Crippen LogP contribution is -2.32. The summed E-state index contributed by atoms with van der Waals surface area (Å²) < 4.78 is 0. The second kappa shape index (κ2) is 8.64. The van der Waals surface area contributed by atoms with Crippen LogP contribution in [-0.4, -0.2) is 35.6 Å². The van der Waals surface area contributed by atoms with E-state index >= 15 is 0 Å². The highest BCUT2D eigenvalue weighted by Gasteiger charge is 2.22. The van der Waals surface area contributed by atoms with Crippen LogP contribution in [0.25, 0.3) is 0 Å². The molecule has 102 valence electrons. The van der Waals surface area contributed by atoms with Gasteiger partial charge in [-0.15, -0.1) is 0 Å². The summed E-state index contributed by atoms with van der Waals surface area (Å²) >= 11 is 1.86. The van der Waals surface area contributed by atoms with Crippen molar-refractivity contribution in [2.45, 2.75) is 46.1 Å². The first-order valence-corrected chi connectivity index (χ1v) is 7.53. The van der Waals surface area contributed by atoms with E-state index in [2.05, 4.69) is 23.7 Å². The van der Waals surface area contributed by atoms with Crippen LogP contribution < -0.4 is 11.1 Å². The van der Waals surface area contributed by atoms with Crippen molar-refractivity contribution in [2.75, 3.05) is 18.6 Å². The molecule has 0 heterocycles. The summed E-state index contributed by atoms with van der Waals surface area (Å²) in [6, 6.07) is 0.571. The second-order valence-electron chi connectivity index (χ2n) is 5.14. The smallest absolute Gasteiger partial charge is 0.144 e. The van der Waals surface area contributed by atoms with E-state index in [0.29, 0.717) is 11.9 Å². The van der Waals surface area contributed by atoms with Crippen molar-refractivity contribution in [1.29, 1.82) is 0 Å². The Hall–Kier alpha value is -0.420. The minimum absolute atomic E-state index is 0.209. The maximum absolute atomic E-state index is 8.65. The Labute approximate surface area is 109 Å². The van der Waals surface area contributed by atoms with Gasteiger partial charge in [-0.05, 0) is 32.6 Å². The third-order valence-electron chi connectivity index (χ3n) is 2.94. The molecule has 1 atom stereocenters. The van der Waals surface area contributed by atoms with Crippen LogP contribution in [-0.2, 0) is 0 Å². The Morgan fingerprint density at radius 3 is 2.65 bits per heavy atom. The molecular formula is C12H27N3OS. The van der Waals surface area contributed by atoms with E-state index in [1.807, 2.05) is 25.6 Å². The molecule has 0 spiro atoms. The fraction of sp³-hybridized carbons (Fsp3) is 0.917. The summed E-state index contributed by atoms with van der Waals surface area (Å²) in [6.07, 6.45) is 5.28. The van der Waals surface area contributed by atoms with Crippen LogP contribution in [0.15, 0.2) is 5.16 Å². The zero-order valence-electron chi connectivity index (χ0n) is 11.5. The Kier molecular flexibility index (Phi) is 8.43. The van der Waals surface area contributed by atoms with Crippen LogP contribution in [0.2, 0.25) is 0 Å². The van der Waals surface area contributed by atoms with Crippen LogP contribution in [0.5, 0.6) is 0 Å². The Morgan fingerprint density at radius 2 is 2.12 bits per heavy atom. The first-order chi connectivity index (χ1) is 7.94. The third-order valence-corrected chi connectivity index (χ3v) is 3.77. The van der Waals surface area contributed by atoms with Gasteiger partial charge in [0.05, 0.1) is 0 Å². The molecule has 0 aromatic carbocycles. The summed E-state index contributed by atoms with van der Waals surface area (Å²) in [5.74, 6) is 1.47. The number of thioether (sulfide) groups is 1. The fourth-order valence-electron chi connectivity index (χ4n) is 1.61. The first-order valence-electron chi connectivity index (χ1n) is 6.14. The van der Waals surface area contributed by atoms with Crippen molar-refractivity contribution in [3.05, 3.63) is 0 Å². The highest BCUT2D eigenvalue weighted by Crippen LogP contribution is 2.23. The van der Waals surface area contributed by atoms with E-state index < -0.39 is 0 Å². The SMILES string of the molecule is CSCC(C)NCCCCC(C)(C)C(N)=NO. The molecule has 4 nitrogen and oxygen atoms in total. The second-order valence-corrected chi connectivity index (χ2v) is 6.05. The number of amidine groups is 1. The topological polar surface area (TPSA) is 70.6 Å². The van der Waals surface area contributed by atoms with Crippen LogP contribution in [0.4, 0.5) is 0 Å². The largest absolute Gasteiger partial charge is 0.409 e. The number of unbranched alkanes of at least 4 members (excludes halogenated alkanes) is 1. The molecule has 5 heteroatoms. The van der Waals surface area contributed by atoms with Gasteiger partial charge in [0.1, 0.15) is 5.84 Å². The molecule has 0 aliphatic rings. The van der Waals surface area contributed by atoms with E-state index in [1.54, 1.807) is 0 Å². The standard InChI is InChI=1S/C12H27N3OS/c1-10(9-17-4)14-8-6-5-7-12(2,3)11(13)15-16/h10,14,16H,5-9H2,1-4H3,(H2,13,15). The van der Waals surface area contributed by atoms with E-state index in [0.717, 1.165) is 31.6 Å². The summed E-state index contributed by atoms with van der Waals surface area (Å²) in [7, 11) is 0. The summed E-state index contributed by atoms with van der Waals surface area (Å²) in [6.45, 7) is 7.25. The zero-order valence-corrected chi connectivity index (χ0v) is 12.3. The number of oxime groups is 1. The van der Waals surface area contributed by atoms with Crippen molar-refractivity contribution in [1.82, 2.24) is 5.32 Å². The highest BCUT2D eigenvalue weighted by molar-refractivity contribution is 7.98. The third kappa shape index (κ3) is 7.49. The predicted octanol–water partition coefficient (Wildman–Crippen LogP) is 2.27. The Balaban J connectivity index is 3.64. The van der Waals surface area contributed by atoms with Crippen molar-refractivity contribution in [3.8, 4) is 0 Å². The molecule has 1 unspecified atom stereocenters. The first kappa shape index (κ1) is 16.6. The number of rotatable bonds is 9. The molecule has 0 bridgehead atoms. The predicted molar refractivity (Wildman–Crippen MR) is 76.9 cm³/mol. The Morgan fingerprint density at radius 1 is 1.47 bits per heavy atom. The van der Waals surface area contributed by atoms with Gasteiger partial charge in [-0.25, -0.2) is 0 Å². The number of nitrogens with one attached hydrogen (secondary N) is 1. The molecular weight excluding hydrogens is 234 g/mol. The monoisotopic (exact) mass is 261 g/mol. The van der Waals surface area contributed by atoms with Crippen molar-refractivity contribution in [3.63, 3.8) is 0 Å². The van der Waals surface area contributed by atoms with Gasteiger partial charge in [-0.3, -0.25) is 0 Å². The molecule has 0 saturated carbocycles. The molecule has 0 amide bonds. The van der Waals surface area contributed by atoms with Gasteiger partial charge in [-0.2, -0.15) is 11.8 Å². The molecule has 0 rings (SSSR count). The lowest BCUT2D eigenvalue weighted by molar-refractivity contribution is 0.304. The minimum Gasteiger partial charge on any atom is -0.409 e. The molecule has 0 aromatic rings. The molecule has 0 saturated heterocycles. The van der Waals surface area contributed by atoms with Gasteiger partial charge in [0.25, 0.3) is 0 Å². The van der Waals surface area contributed by atoms with Gasteiger partial charge in [0.15, 0.2) is 0 Å². The molecule has 0 aromatic heterocycles. The number of nitrogens with zero attached hydrogens (tertiary/aromatic N) is 1. The average molecular weight is 261 g/mol. The van der Waals surface area contributed by atoms with E-state index in [-0.39, 0.29) is 5.41 Å². The van der Waals surface area contributed by atoms with Crippen LogP contribution in [0.3, 0.4) is 0 Å². The van der Waals surface area contributed by atoms with E-state index in [9.17, 15) is 0 Å². The van der Waals surface area contributed by atoms with E-state index in [1.165, 1.54) is 0 Å². The summed E-state index contributed by atoms with van der Waals surface area (Å²) in [4.78, 5) is 0. The van der Waals surface area contributed by atoms with E-state index in [4.69, 9.17) is 10.9 Å². The average Bonchev–Trinajstić information content (AvgIpc) is 2.27. The van der Waals surface area contributed by atoms with Crippen LogP contribution in [0.1, 0.15) is 40.0 Å². The molecule has 0 aliphatic heterocycles.